The Hall–Kier alpha value is -1.37. The zero-order chi connectivity index (χ0) is 12.8. The summed E-state index contributed by atoms with van der Waals surface area (Å²) in [5.41, 5.74) is 0. The van der Waals surface area contributed by atoms with Crippen molar-refractivity contribution in [2.75, 3.05) is 24.7 Å². The Labute approximate surface area is 102 Å². The molecule has 0 bridgehead atoms. The highest BCUT2D eigenvalue weighted by Gasteiger charge is 2.12. The fraction of sp³-hybridized carbons (Fsp3) is 0.400. The van der Waals surface area contributed by atoms with E-state index in [1.165, 1.54) is 7.05 Å². The lowest BCUT2D eigenvalue weighted by Gasteiger charge is -2.06. The van der Waals surface area contributed by atoms with E-state index < -0.39 is 11.6 Å². The highest BCUT2D eigenvalue weighted by atomic mass is 32.2. The lowest BCUT2D eigenvalue weighted by atomic mass is 10.4. The van der Waals surface area contributed by atoms with Gasteiger partial charge in [0, 0.05) is 19.7 Å². The van der Waals surface area contributed by atoms with Gasteiger partial charge in [-0.3, -0.25) is 4.79 Å². The molecule has 0 atom stereocenters. The van der Waals surface area contributed by atoms with Crippen molar-refractivity contribution in [1.82, 2.24) is 10.3 Å². The van der Waals surface area contributed by atoms with Gasteiger partial charge in [-0.1, -0.05) is 11.8 Å². The molecule has 7 heteroatoms. The number of rotatable bonds is 5. The van der Waals surface area contributed by atoms with Gasteiger partial charge in [0.1, 0.15) is 5.03 Å². The predicted octanol–water partition coefficient (Wildman–Crippen LogP) is 1.63. The Morgan fingerprint density at radius 1 is 1.47 bits per heavy atom. The molecule has 0 spiro atoms. The van der Waals surface area contributed by atoms with Gasteiger partial charge >= 0.3 is 0 Å². The van der Waals surface area contributed by atoms with Crippen LogP contribution in [0.1, 0.15) is 6.92 Å². The minimum absolute atomic E-state index is 0.00185. The highest BCUT2D eigenvalue weighted by Crippen LogP contribution is 2.23. The van der Waals surface area contributed by atoms with Crippen molar-refractivity contribution in [2.45, 2.75) is 11.9 Å². The number of halogens is 2. The van der Waals surface area contributed by atoms with Crippen LogP contribution in [-0.4, -0.2) is 30.2 Å². The van der Waals surface area contributed by atoms with E-state index in [0.29, 0.717) is 6.54 Å². The van der Waals surface area contributed by atoms with Crippen LogP contribution in [0.4, 0.5) is 14.6 Å². The monoisotopic (exact) mass is 261 g/mol. The number of aromatic nitrogens is 1. The van der Waals surface area contributed by atoms with Crippen molar-refractivity contribution in [1.29, 1.82) is 0 Å². The van der Waals surface area contributed by atoms with Gasteiger partial charge in [-0.2, -0.15) is 0 Å². The number of nitrogens with zero attached hydrogens (tertiary/aromatic N) is 1. The second-order valence-electron chi connectivity index (χ2n) is 3.10. The molecule has 1 rings (SSSR count). The van der Waals surface area contributed by atoms with Gasteiger partial charge in [-0.05, 0) is 6.92 Å². The molecular weight excluding hydrogens is 248 g/mol. The summed E-state index contributed by atoms with van der Waals surface area (Å²) in [7, 11) is 1.49. The molecule has 0 aliphatic heterocycles. The van der Waals surface area contributed by atoms with Crippen LogP contribution in [0.2, 0.25) is 0 Å². The SMILES string of the molecule is CCNC(=O)CSc1nc(NC)c(F)cc1F. The van der Waals surface area contributed by atoms with Crippen LogP contribution < -0.4 is 10.6 Å². The molecule has 1 amide bonds. The van der Waals surface area contributed by atoms with E-state index in [4.69, 9.17) is 0 Å². The van der Waals surface area contributed by atoms with E-state index in [-0.39, 0.29) is 22.5 Å². The Morgan fingerprint density at radius 3 is 2.76 bits per heavy atom. The quantitative estimate of drug-likeness (QED) is 0.791. The molecule has 1 heterocycles. The van der Waals surface area contributed by atoms with Crippen molar-refractivity contribution < 1.29 is 13.6 Å². The third-order valence-corrected chi connectivity index (χ3v) is 2.81. The summed E-state index contributed by atoms with van der Waals surface area (Å²) in [6, 6.07) is 0.749. The second kappa shape index (κ2) is 6.39. The van der Waals surface area contributed by atoms with Crippen LogP contribution in [0.25, 0.3) is 0 Å². The van der Waals surface area contributed by atoms with E-state index in [9.17, 15) is 13.6 Å². The average molecular weight is 261 g/mol. The van der Waals surface area contributed by atoms with Crippen LogP contribution in [-0.2, 0) is 4.79 Å². The van der Waals surface area contributed by atoms with Gasteiger partial charge < -0.3 is 10.6 Å². The Bertz CT molecular complexity index is 415. The maximum Gasteiger partial charge on any atom is 0.230 e. The summed E-state index contributed by atoms with van der Waals surface area (Å²) < 4.78 is 26.4. The number of carbonyl (C=O) groups excluding carboxylic acids is 1. The molecule has 0 aliphatic rings. The zero-order valence-electron chi connectivity index (χ0n) is 9.51. The minimum atomic E-state index is -0.768. The fourth-order valence-corrected chi connectivity index (χ4v) is 1.83. The van der Waals surface area contributed by atoms with E-state index in [2.05, 4.69) is 15.6 Å². The molecular formula is C10H13F2N3OS. The van der Waals surface area contributed by atoms with Crippen LogP contribution in [0.3, 0.4) is 0 Å². The summed E-state index contributed by atoms with van der Waals surface area (Å²) in [6.45, 7) is 2.30. The Kier molecular flexibility index (Phi) is 5.14. The first kappa shape index (κ1) is 13.7. The molecule has 0 aromatic carbocycles. The molecule has 4 nitrogen and oxygen atoms in total. The summed E-state index contributed by atoms with van der Waals surface area (Å²) in [5.74, 6) is -1.73. The van der Waals surface area contributed by atoms with Crippen molar-refractivity contribution in [3.63, 3.8) is 0 Å². The molecule has 0 saturated carbocycles. The van der Waals surface area contributed by atoms with E-state index in [1.54, 1.807) is 6.92 Å². The maximum absolute atomic E-state index is 13.3. The largest absolute Gasteiger partial charge is 0.371 e. The van der Waals surface area contributed by atoms with E-state index in [0.717, 1.165) is 17.8 Å². The maximum atomic E-state index is 13.3. The lowest BCUT2D eigenvalue weighted by molar-refractivity contribution is -0.118. The van der Waals surface area contributed by atoms with Gasteiger partial charge in [0.15, 0.2) is 17.5 Å². The molecule has 1 aromatic rings. The van der Waals surface area contributed by atoms with Crippen LogP contribution in [0, 0.1) is 11.6 Å². The second-order valence-corrected chi connectivity index (χ2v) is 4.06. The first-order valence-electron chi connectivity index (χ1n) is 5.01. The predicted molar refractivity (Wildman–Crippen MR) is 63.1 cm³/mol. The topological polar surface area (TPSA) is 54.0 Å². The smallest absolute Gasteiger partial charge is 0.230 e. The summed E-state index contributed by atoms with van der Waals surface area (Å²) in [5, 5.41) is 5.09. The number of hydrogen-bond donors (Lipinski definition) is 2. The summed E-state index contributed by atoms with van der Waals surface area (Å²) in [4.78, 5) is 14.9. The van der Waals surface area contributed by atoms with Crippen molar-refractivity contribution in [3.8, 4) is 0 Å². The standard InChI is InChI=1S/C10H13F2N3OS/c1-3-14-8(16)5-17-10-7(12)4-6(11)9(13-2)15-10/h4H,3,5H2,1-2H3,(H,13,15)(H,14,16). The molecule has 94 valence electrons. The van der Waals surface area contributed by atoms with Crippen LogP contribution in [0.5, 0.6) is 0 Å². The van der Waals surface area contributed by atoms with Gasteiger partial charge in [0.05, 0.1) is 5.75 Å². The fourth-order valence-electron chi connectivity index (χ4n) is 1.11. The number of hydrogen-bond acceptors (Lipinski definition) is 4. The number of amides is 1. The number of carbonyl (C=O) groups is 1. The molecule has 2 N–H and O–H groups in total. The van der Waals surface area contributed by atoms with Gasteiger partial charge in [0.2, 0.25) is 5.91 Å². The molecule has 17 heavy (non-hydrogen) atoms. The number of thioether (sulfide) groups is 1. The minimum Gasteiger partial charge on any atom is -0.371 e. The molecule has 0 fully saturated rings. The van der Waals surface area contributed by atoms with Crippen LogP contribution in [0.15, 0.2) is 11.1 Å². The lowest BCUT2D eigenvalue weighted by Crippen LogP contribution is -2.24. The Balaban J connectivity index is 2.74. The average Bonchev–Trinajstić information content (AvgIpc) is 2.28. The van der Waals surface area contributed by atoms with E-state index in [1.807, 2.05) is 0 Å². The number of pyridine rings is 1. The third kappa shape index (κ3) is 3.85. The molecule has 0 unspecified atom stereocenters. The molecule has 0 radical (unpaired) electrons. The first-order valence-corrected chi connectivity index (χ1v) is 6.00. The zero-order valence-corrected chi connectivity index (χ0v) is 10.3. The van der Waals surface area contributed by atoms with Gasteiger partial charge in [-0.25, -0.2) is 13.8 Å². The van der Waals surface area contributed by atoms with E-state index >= 15 is 0 Å². The number of nitrogens with one attached hydrogen (secondary N) is 2. The number of anilines is 1. The van der Waals surface area contributed by atoms with Crippen molar-refractivity contribution >= 4 is 23.5 Å². The first-order chi connectivity index (χ1) is 8.08. The Morgan fingerprint density at radius 2 is 2.18 bits per heavy atom. The summed E-state index contributed by atoms with van der Waals surface area (Å²) >= 11 is 0.929. The highest BCUT2D eigenvalue weighted by molar-refractivity contribution is 7.99. The third-order valence-electron chi connectivity index (χ3n) is 1.85. The molecule has 0 aliphatic carbocycles. The van der Waals surface area contributed by atoms with Crippen molar-refractivity contribution in [2.24, 2.45) is 0 Å². The van der Waals surface area contributed by atoms with Gasteiger partial charge in [0.25, 0.3) is 0 Å². The molecule has 1 aromatic heterocycles. The van der Waals surface area contributed by atoms with Crippen molar-refractivity contribution in [3.05, 3.63) is 17.7 Å². The molecule has 0 saturated heterocycles. The van der Waals surface area contributed by atoms with Crippen LogP contribution >= 0.6 is 11.8 Å². The van der Waals surface area contributed by atoms with Gasteiger partial charge in [-0.15, -0.1) is 0 Å². The summed E-state index contributed by atoms with van der Waals surface area (Å²) in [6.07, 6.45) is 0. The normalized spacial score (nSPS) is 10.1.